The van der Waals surface area contributed by atoms with Crippen LogP contribution >= 0.6 is 0 Å². The minimum atomic E-state index is -1.74. The fraction of sp³-hybridized carbons (Fsp3) is 0.0870. The van der Waals surface area contributed by atoms with Crippen molar-refractivity contribution in [2.45, 2.75) is 6.04 Å². The summed E-state index contributed by atoms with van der Waals surface area (Å²) in [5, 5.41) is 0. The molecule has 0 aliphatic carbocycles. The second kappa shape index (κ2) is 7.91. The maximum Gasteiger partial charge on any atom is 0.270 e. The summed E-state index contributed by atoms with van der Waals surface area (Å²) in [7, 11) is 0. The lowest BCUT2D eigenvalue weighted by molar-refractivity contribution is 0.317. The molecule has 6 heteroatoms. The van der Waals surface area contributed by atoms with Crippen LogP contribution in [0.5, 0.6) is 0 Å². The molecule has 1 aliphatic rings. The molecule has 4 rings (SSSR count). The van der Waals surface area contributed by atoms with E-state index in [1.54, 1.807) is 24.3 Å². The van der Waals surface area contributed by atoms with Gasteiger partial charge in [0.15, 0.2) is 0 Å². The third kappa shape index (κ3) is 4.06. The largest absolute Gasteiger partial charge is 0.475 e. The third-order valence-electron chi connectivity index (χ3n) is 4.64. The number of hydrogen-bond donors (Lipinski definition) is 0. The van der Waals surface area contributed by atoms with Crippen molar-refractivity contribution < 1.29 is 22.3 Å². The van der Waals surface area contributed by atoms with Crippen LogP contribution in [0.1, 0.15) is 22.7 Å². The van der Waals surface area contributed by atoms with E-state index in [1.807, 2.05) is 24.3 Å². The molecule has 2 nitrogen and oxygen atoms in total. The normalized spacial score (nSPS) is 15.6. The minimum absolute atomic E-state index is 0.0431. The highest BCUT2D eigenvalue weighted by Gasteiger charge is 2.26. The van der Waals surface area contributed by atoms with Gasteiger partial charge in [-0.1, -0.05) is 54.6 Å². The summed E-state index contributed by atoms with van der Waals surface area (Å²) in [5.74, 6) is -1.48. The van der Waals surface area contributed by atoms with Crippen LogP contribution in [0.15, 0.2) is 77.8 Å². The summed E-state index contributed by atoms with van der Waals surface area (Å²) in [6.07, 6.45) is -0.933. The zero-order chi connectivity index (χ0) is 20.4. The summed E-state index contributed by atoms with van der Waals surface area (Å²) in [6, 6.07) is 17.5. The molecule has 1 atom stereocenters. The van der Waals surface area contributed by atoms with Crippen LogP contribution in [0.25, 0.3) is 17.2 Å². The summed E-state index contributed by atoms with van der Waals surface area (Å²) in [5.41, 5.74) is 2.81. The molecule has 3 aromatic rings. The Morgan fingerprint density at radius 2 is 1.45 bits per heavy atom. The van der Waals surface area contributed by atoms with Crippen molar-refractivity contribution in [3.05, 3.63) is 101 Å². The van der Waals surface area contributed by atoms with E-state index in [-0.39, 0.29) is 24.1 Å². The molecule has 146 valence electrons. The Kier molecular flexibility index (Phi) is 5.16. The van der Waals surface area contributed by atoms with Crippen molar-refractivity contribution >= 4 is 12.0 Å². The second-order valence-electron chi connectivity index (χ2n) is 6.54. The van der Waals surface area contributed by atoms with E-state index in [0.29, 0.717) is 5.56 Å². The molecule has 1 heterocycles. The quantitative estimate of drug-likeness (QED) is 0.468. The van der Waals surface area contributed by atoms with E-state index in [9.17, 15) is 17.6 Å². The van der Waals surface area contributed by atoms with Crippen LogP contribution in [0.4, 0.5) is 17.6 Å². The van der Waals surface area contributed by atoms with Gasteiger partial charge in [0.2, 0.25) is 5.90 Å². The first-order valence-corrected chi connectivity index (χ1v) is 8.89. The fourth-order valence-electron chi connectivity index (χ4n) is 3.18. The van der Waals surface area contributed by atoms with Crippen molar-refractivity contribution in [3.8, 4) is 11.1 Å². The molecule has 0 aromatic heterocycles. The van der Waals surface area contributed by atoms with E-state index in [4.69, 9.17) is 4.74 Å². The lowest BCUT2D eigenvalue weighted by Crippen LogP contribution is -2.07. The first-order valence-electron chi connectivity index (χ1n) is 8.89. The molecule has 0 bridgehead atoms. The second-order valence-corrected chi connectivity index (χ2v) is 6.54. The van der Waals surface area contributed by atoms with Gasteiger partial charge in [-0.05, 0) is 34.4 Å². The zero-order valence-electron chi connectivity index (χ0n) is 15.1. The highest BCUT2D eigenvalue weighted by molar-refractivity contribution is 5.95. The average Bonchev–Trinajstić information content (AvgIpc) is 3.18. The molecular weight excluding hydrogens is 382 g/mol. The molecular formula is C23H15F4NO. The average molecular weight is 397 g/mol. The molecule has 0 amide bonds. The maximum absolute atomic E-state index is 13.9. The Morgan fingerprint density at radius 1 is 0.862 bits per heavy atom. The van der Waals surface area contributed by atoms with Gasteiger partial charge in [-0.25, -0.2) is 13.8 Å². The van der Waals surface area contributed by atoms with Crippen molar-refractivity contribution in [3.63, 3.8) is 0 Å². The van der Waals surface area contributed by atoms with Crippen LogP contribution in [0.2, 0.25) is 0 Å². The highest BCUT2D eigenvalue weighted by Crippen LogP contribution is 2.29. The van der Waals surface area contributed by atoms with Gasteiger partial charge in [0, 0.05) is 6.08 Å². The number of halogens is 4. The number of nitrogens with zero attached hydrogens (tertiary/aromatic N) is 1. The summed E-state index contributed by atoms with van der Waals surface area (Å²) in [6.45, 7) is 0.193. The molecule has 0 saturated heterocycles. The van der Waals surface area contributed by atoms with Crippen LogP contribution < -0.4 is 0 Å². The van der Waals surface area contributed by atoms with Crippen molar-refractivity contribution in [2.75, 3.05) is 6.61 Å². The van der Waals surface area contributed by atoms with Crippen LogP contribution in [-0.2, 0) is 4.74 Å². The molecule has 0 saturated carbocycles. The number of ether oxygens (including phenoxy) is 1. The number of aliphatic imine (C=N–C) groups is 1. The Bertz CT molecular complexity index is 1060. The third-order valence-corrected chi connectivity index (χ3v) is 4.64. The van der Waals surface area contributed by atoms with Crippen LogP contribution in [0.3, 0.4) is 0 Å². The monoisotopic (exact) mass is 397 g/mol. The van der Waals surface area contributed by atoms with Gasteiger partial charge in [-0.2, -0.15) is 8.78 Å². The first kappa shape index (κ1) is 18.9. The van der Waals surface area contributed by atoms with Gasteiger partial charge in [-0.15, -0.1) is 0 Å². The predicted octanol–water partition coefficient (Wildman–Crippen LogP) is 6.39. The van der Waals surface area contributed by atoms with Crippen molar-refractivity contribution in [2.24, 2.45) is 4.99 Å². The Balaban J connectivity index is 1.54. The van der Waals surface area contributed by atoms with Gasteiger partial charge < -0.3 is 4.74 Å². The van der Waals surface area contributed by atoms with Gasteiger partial charge in [0.25, 0.3) is 6.08 Å². The van der Waals surface area contributed by atoms with Gasteiger partial charge in [0.1, 0.15) is 29.8 Å². The maximum atomic E-state index is 13.9. The SMILES string of the molecule is FC(F)=Cc1ccc(-c2ccc(C3COC(c4c(F)cccc4F)=N3)cc2)cc1. The van der Waals surface area contributed by atoms with E-state index >= 15 is 0 Å². The highest BCUT2D eigenvalue weighted by atomic mass is 19.3. The fourth-order valence-corrected chi connectivity index (χ4v) is 3.18. The van der Waals surface area contributed by atoms with Crippen LogP contribution in [0, 0.1) is 11.6 Å². The van der Waals surface area contributed by atoms with Crippen molar-refractivity contribution in [1.29, 1.82) is 0 Å². The summed E-state index contributed by atoms with van der Waals surface area (Å²) < 4.78 is 57.9. The number of hydrogen-bond acceptors (Lipinski definition) is 2. The van der Waals surface area contributed by atoms with E-state index in [2.05, 4.69) is 4.99 Å². The lowest BCUT2D eigenvalue weighted by Gasteiger charge is -2.07. The zero-order valence-corrected chi connectivity index (χ0v) is 15.1. The van der Waals surface area contributed by atoms with E-state index < -0.39 is 17.7 Å². The van der Waals surface area contributed by atoms with Gasteiger partial charge in [-0.3, -0.25) is 0 Å². The smallest absolute Gasteiger partial charge is 0.270 e. The molecule has 0 spiro atoms. The number of rotatable bonds is 4. The Hall–Kier alpha value is -3.41. The first-order chi connectivity index (χ1) is 14.0. The van der Waals surface area contributed by atoms with Crippen molar-refractivity contribution in [1.82, 2.24) is 0 Å². The Labute approximate surface area is 164 Å². The minimum Gasteiger partial charge on any atom is -0.475 e. The lowest BCUT2D eigenvalue weighted by atomic mass is 10.0. The topological polar surface area (TPSA) is 21.6 Å². The molecule has 0 radical (unpaired) electrons. The molecule has 1 aliphatic heterocycles. The predicted molar refractivity (Wildman–Crippen MR) is 104 cm³/mol. The number of benzene rings is 3. The molecule has 1 unspecified atom stereocenters. The van der Waals surface area contributed by atoms with Gasteiger partial charge >= 0.3 is 0 Å². The molecule has 3 aromatic carbocycles. The summed E-state index contributed by atoms with van der Waals surface area (Å²) in [4.78, 5) is 4.33. The molecule has 0 fully saturated rings. The Morgan fingerprint density at radius 3 is 2.03 bits per heavy atom. The molecule has 0 N–H and O–H groups in total. The van der Waals surface area contributed by atoms with E-state index in [1.165, 1.54) is 6.07 Å². The summed E-state index contributed by atoms with van der Waals surface area (Å²) >= 11 is 0. The van der Waals surface area contributed by atoms with Crippen LogP contribution in [-0.4, -0.2) is 12.5 Å². The molecule has 29 heavy (non-hydrogen) atoms. The standard InChI is InChI=1S/C23H15F4NO/c24-18-2-1-3-19(25)22(18)23-28-20(13-29-23)17-10-8-16(9-11-17)15-6-4-14(5-7-15)12-21(26)27/h1-12,20H,13H2. The van der Waals surface area contributed by atoms with E-state index in [0.717, 1.165) is 34.9 Å². The van der Waals surface area contributed by atoms with Gasteiger partial charge in [0.05, 0.1) is 0 Å².